The van der Waals surface area contributed by atoms with Crippen LogP contribution in [0.1, 0.15) is 71.8 Å². The van der Waals surface area contributed by atoms with Crippen molar-refractivity contribution < 1.29 is 9.53 Å². The first-order chi connectivity index (χ1) is 14.9. The second kappa shape index (κ2) is 13.7. The SMILES string of the molecule is CCCCC/C(=C\c1ccccc1)CN(CCCN1CCOCC1)C(=O)CC(C)(C)C. The zero-order chi connectivity index (χ0) is 22.5. The summed E-state index contributed by atoms with van der Waals surface area (Å²) in [4.78, 5) is 17.8. The highest BCUT2D eigenvalue weighted by molar-refractivity contribution is 5.77. The van der Waals surface area contributed by atoms with Gasteiger partial charge in [0.25, 0.3) is 0 Å². The summed E-state index contributed by atoms with van der Waals surface area (Å²) in [5.74, 6) is 0.281. The molecule has 1 aromatic carbocycles. The lowest BCUT2D eigenvalue weighted by atomic mass is 9.91. The van der Waals surface area contributed by atoms with Crippen LogP contribution in [-0.4, -0.2) is 61.6 Å². The van der Waals surface area contributed by atoms with Crippen molar-refractivity contribution >= 4 is 12.0 Å². The Labute approximate surface area is 190 Å². The monoisotopic (exact) mass is 428 g/mol. The van der Waals surface area contributed by atoms with E-state index in [9.17, 15) is 4.79 Å². The molecule has 0 atom stereocenters. The summed E-state index contributed by atoms with van der Waals surface area (Å²) in [5, 5.41) is 0. The Morgan fingerprint density at radius 1 is 1.10 bits per heavy atom. The van der Waals surface area contributed by atoms with Gasteiger partial charge < -0.3 is 9.64 Å². The molecule has 2 rings (SSSR count). The highest BCUT2D eigenvalue weighted by atomic mass is 16.5. The summed E-state index contributed by atoms with van der Waals surface area (Å²) in [5.41, 5.74) is 2.60. The lowest BCUT2D eigenvalue weighted by Crippen LogP contribution is -2.40. The number of carbonyl (C=O) groups excluding carboxylic acids is 1. The predicted octanol–water partition coefficient (Wildman–Crippen LogP) is 5.64. The van der Waals surface area contributed by atoms with Crippen molar-refractivity contribution in [3.63, 3.8) is 0 Å². The van der Waals surface area contributed by atoms with Crippen molar-refractivity contribution in [3.8, 4) is 0 Å². The van der Waals surface area contributed by atoms with Gasteiger partial charge >= 0.3 is 0 Å². The van der Waals surface area contributed by atoms with Crippen molar-refractivity contribution in [2.75, 3.05) is 45.9 Å². The Kier molecular flexibility index (Phi) is 11.3. The third-order valence-corrected chi connectivity index (χ3v) is 5.71. The zero-order valence-electron chi connectivity index (χ0n) is 20.4. The summed E-state index contributed by atoms with van der Waals surface area (Å²) >= 11 is 0. The lowest BCUT2D eigenvalue weighted by molar-refractivity contribution is -0.132. The molecule has 0 aromatic heterocycles. The van der Waals surface area contributed by atoms with Crippen molar-refractivity contribution in [2.45, 2.75) is 66.2 Å². The van der Waals surface area contributed by atoms with Crippen molar-refractivity contribution in [2.24, 2.45) is 5.41 Å². The maximum absolute atomic E-state index is 13.2. The Morgan fingerprint density at radius 3 is 2.45 bits per heavy atom. The number of unbranched alkanes of at least 4 members (excludes halogenated alkanes) is 2. The Hall–Kier alpha value is -1.65. The van der Waals surface area contributed by atoms with E-state index in [1.165, 1.54) is 30.4 Å². The van der Waals surface area contributed by atoms with E-state index in [4.69, 9.17) is 4.74 Å². The molecule has 4 nitrogen and oxygen atoms in total. The van der Waals surface area contributed by atoms with Gasteiger partial charge in [-0.05, 0) is 30.2 Å². The first-order valence-electron chi connectivity index (χ1n) is 12.2. The number of morpholine rings is 1. The number of hydrogen-bond donors (Lipinski definition) is 0. The minimum absolute atomic E-state index is 0.00502. The van der Waals surface area contributed by atoms with Gasteiger partial charge in [0.2, 0.25) is 5.91 Å². The molecule has 0 spiro atoms. The van der Waals surface area contributed by atoms with Gasteiger partial charge in [-0.25, -0.2) is 0 Å². The Balaban J connectivity index is 2.07. The van der Waals surface area contributed by atoms with Crippen LogP contribution in [0.25, 0.3) is 6.08 Å². The first-order valence-corrected chi connectivity index (χ1v) is 12.2. The summed E-state index contributed by atoms with van der Waals surface area (Å²) in [7, 11) is 0. The molecular formula is C27H44N2O2. The van der Waals surface area contributed by atoms with Crippen LogP contribution in [0.4, 0.5) is 0 Å². The van der Waals surface area contributed by atoms with Crippen LogP contribution in [0.3, 0.4) is 0 Å². The van der Waals surface area contributed by atoms with E-state index in [0.29, 0.717) is 6.42 Å². The fourth-order valence-corrected chi connectivity index (χ4v) is 4.00. The summed E-state index contributed by atoms with van der Waals surface area (Å²) in [6, 6.07) is 10.5. The molecule has 0 saturated carbocycles. The van der Waals surface area contributed by atoms with Crippen LogP contribution in [-0.2, 0) is 9.53 Å². The largest absolute Gasteiger partial charge is 0.379 e. The molecule has 0 unspecified atom stereocenters. The standard InChI is InChI=1S/C27H44N2O2/c1-5-6-8-14-25(21-24-12-9-7-10-13-24)23-29(26(30)22-27(2,3)4)16-11-15-28-17-19-31-20-18-28/h7,9-10,12-13,21H,5-6,8,11,14-20,22-23H2,1-4H3/b25-21+. The molecule has 0 N–H and O–H groups in total. The number of ether oxygens (including phenoxy) is 1. The van der Waals surface area contributed by atoms with Crippen LogP contribution in [0.2, 0.25) is 0 Å². The molecule has 4 heteroatoms. The summed E-state index contributed by atoms with van der Waals surface area (Å²) in [6.07, 6.45) is 8.61. The molecule has 1 aliphatic heterocycles. The number of benzene rings is 1. The van der Waals surface area contributed by atoms with Crippen molar-refractivity contribution in [1.82, 2.24) is 9.80 Å². The first kappa shape index (κ1) is 25.6. The highest BCUT2D eigenvalue weighted by Crippen LogP contribution is 2.22. The topological polar surface area (TPSA) is 32.8 Å². The quantitative estimate of drug-likeness (QED) is 0.404. The fraction of sp³-hybridized carbons (Fsp3) is 0.667. The minimum Gasteiger partial charge on any atom is -0.379 e. The lowest BCUT2D eigenvalue weighted by Gasteiger charge is -2.30. The van der Waals surface area contributed by atoms with Gasteiger partial charge in [0, 0.05) is 39.1 Å². The van der Waals surface area contributed by atoms with Gasteiger partial charge in [-0.15, -0.1) is 0 Å². The van der Waals surface area contributed by atoms with E-state index < -0.39 is 0 Å². The summed E-state index contributed by atoms with van der Waals surface area (Å²) < 4.78 is 5.46. The van der Waals surface area contributed by atoms with E-state index in [-0.39, 0.29) is 11.3 Å². The fourth-order valence-electron chi connectivity index (χ4n) is 4.00. The van der Waals surface area contributed by atoms with Gasteiger partial charge in [0.1, 0.15) is 0 Å². The number of amides is 1. The number of hydrogen-bond acceptors (Lipinski definition) is 3. The van der Waals surface area contributed by atoms with Crippen molar-refractivity contribution in [1.29, 1.82) is 0 Å². The van der Waals surface area contributed by atoms with E-state index in [1.54, 1.807) is 0 Å². The summed E-state index contributed by atoms with van der Waals surface area (Å²) in [6.45, 7) is 15.0. The predicted molar refractivity (Wildman–Crippen MR) is 131 cm³/mol. The van der Waals surface area contributed by atoms with Gasteiger partial charge in [0.05, 0.1) is 13.2 Å². The molecule has 31 heavy (non-hydrogen) atoms. The molecule has 1 amide bonds. The van der Waals surface area contributed by atoms with E-state index in [1.807, 2.05) is 0 Å². The third-order valence-electron chi connectivity index (χ3n) is 5.71. The second-order valence-electron chi connectivity index (χ2n) is 10.0. The normalized spacial score (nSPS) is 15.8. The van der Waals surface area contributed by atoms with Crippen molar-refractivity contribution in [3.05, 3.63) is 41.5 Å². The van der Waals surface area contributed by atoms with Crippen LogP contribution in [0.5, 0.6) is 0 Å². The Bertz CT molecular complexity index is 658. The highest BCUT2D eigenvalue weighted by Gasteiger charge is 2.22. The van der Waals surface area contributed by atoms with Crippen LogP contribution < -0.4 is 0 Å². The smallest absolute Gasteiger partial charge is 0.223 e. The van der Waals surface area contributed by atoms with Crippen LogP contribution in [0.15, 0.2) is 35.9 Å². The average Bonchev–Trinajstić information content (AvgIpc) is 2.73. The zero-order valence-corrected chi connectivity index (χ0v) is 20.4. The third kappa shape index (κ3) is 11.0. The maximum Gasteiger partial charge on any atom is 0.223 e. The number of carbonyl (C=O) groups is 1. The van der Waals surface area contributed by atoms with Crippen LogP contribution in [0, 0.1) is 5.41 Å². The molecule has 1 aromatic rings. The number of nitrogens with zero attached hydrogens (tertiary/aromatic N) is 2. The van der Waals surface area contributed by atoms with Gasteiger partial charge in [-0.1, -0.05) is 82.5 Å². The molecule has 1 fully saturated rings. The van der Waals surface area contributed by atoms with E-state index in [2.05, 4.69) is 73.9 Å². The maximum atomic E-state index is 13.2. The van der Waals surface area contributed by atoms with Crippen LogP contribution >= 0.6 is 0 Å². The molecule has 174 valence electrons. The minimum atomic E-state index is 0.00502. The van der Waals surface area contributed by atoms with E-state index in [0.717, 1.165) is 58.8 Å². The molecule has 1 saturated heterocycles. The van der Waals surface area contributed by atoms with Gasteiger partial charge in [-0.3, -0.25) is 9.69 Å². The molecule has 0 radical (unpaired) electrons. The molecule has 1 aliphatic rings. The molecule has 0 aliphatic carbocycles. The molecule has 1 heterocycles. The average molecular weight is 429 g/mol. The Morgan fingerprint density at radius 2 is 1.81 bits per heavy atom. The number of rotatable bonds is 12. The molecule has 0 bridgehead atoms. The molecular weight excluding hydrogens is 384 g/mol. The van der Waals surface area contributed by atoms with Gasteiger partial charge in [0.15, 0.2) is 0 Å². The second-order valence-corrected chi connectivity index (χ2v) is 10.0. The van der Waals surface area contributed by atoms with E-state index >= 15 is 0 Å². The van der Waals surface area contributed by atoms with Gasteiger partial charge in [-0.2, -0.15) is 0 Å².